The molecule has 0 aromatic carbocycles. The lowest BCUT2D eigenvalue weighted by Crippen LogP contribution is -2.28. The molecule has 2 atom stereocenters. The van der Waals surface area contributed by atoms with Crippen molar-refractivity contribution in [2.75, 3.05) is 18.5 Å². The third-order valence-electron chi connectivity index (χ3n) is 2.48. The minimum atomic E-state index is -0.866. The first-order valence-electron chi connectivity index (χ1n) is 5.31. The number of carbonyl (C=O) groups is 1. The van der Waals surface area contributed by atoms with E-state index in [0.717, 1.165) is 0 Å². The second-order valence-electron chi connectivity index (χ2n) is 3.96. The van der Waals surface area contributed by atoms with Crippen molar-refractivity contribution in [2.24, 2.45) is 7.05 Å². The molecule has 96 valence electrons. The van der Waals surface area contributed by atoms with Gasteiger partial charge in [0.15, 0.2) is 5.69 Å². The van der Waals surface area contributed by atoms with Gasteiger partial charge in [0.2, 0.25) is 0 Å². The van der Waals surface area contributed by atoms with Crippen LogP contribution in [0.15, 0.2) is 6.20 Å². The van der Waals surface area contributed by atoms with Crippen LogP contribution in [0.25, 0.3) is 0 Å². The average Bonchev–Trinajstić information content (AvgIpc) is 2.57. The fraction of sp³-hybridized carbons (Fsp3) is 0.600. The summed E-state index contributed by atoms with van der Waals surface area (Å²) in [4.78, 5) is 11.7. The number of rotatable bonds is 5. The zero-order valence-electron chi connectivity index (χ0n) is 10.3. The van der Waals surface area contributed by atoms with Gasteiger partial charge in [0.05, 0.1) is 5.69 Å². The zero-order valence-corrected chi connectivity index (χ0v) is 11.1. The Balaban J connectivity index is 2.45. The van der Waals surface area contributed by atoms with Gasteiger partial charge in [-0.05, 0) is 6.42 Å². The predicted octanol–water partition coefficient (Wildman–Crippen LogP) is -0.111. The number of hydrogen-bond acceptors (Lipinski definition) is 4. The molecule has 0 aliphatic carbocycles. The van der Waals surface area contributed by atoms with E-state index in [2.05, 4.69) is 10.4 Å². The molecule has 0 radical (unpaired) electrons. The van der Waals surface area contributed by atoms with Gasteiger partial charge in [-0.25, -0.2) is 0 Å². The fourth-order valence-electron chi connectivity index (χ4n) is 1.32. The van der Waals surface area contributed by atoms with Crippen molar-refractivity contribution in [2.45, 2.75) is 18.6 Å². The molecule has 7 heteroatoms. The highest BCUT2D eigenvalue weighted by atomic mass is 32.2. The molecule has 1 rings (SSSR count). The van der Waals surface area contributed by atoms with E-state index in [9.17, 15) is 9.00 Å². The molecule has 3 N–H and O–H groups in total. The maximum Gasteiger partial charge on any atom is 0.273 e. The zero-order chi connectivity index (χ0) is 13.0. The molecule has 0 saturated carbocycles. The first-order valence-corrected chi connectivity index (χ1v) is 6.93. The van der Waals surface area contributed by atoms with Crippen LogP contribution >= 0.6 is 0 Å². The van der Waals surface area contributed by atoms with Crippen molar-refractivity contribution in [3.63, 3.8) is 0 Å². The summed E-state index contributed by atoms with van der Waals surface area (Å²) in [5, 5.41) is 6.74. The normalized spacial score (nSPS) is 14.3. The molecule has 1 aromatic rings. The molecular formula is C10H18N4O2S. The highest BCUT2D eigenvalue weighted by Gasteiger charge is 2.14. The molecule has 1 aromatic heterocycles. The molecule has 0 bridgehead atoms. The molecule has 1 heterocycles. The van der Waals surface area contributed by atoms with Gasteiger partial charge in [0.25, 0.3) is 5.91 Å². The van der Waals surface area contributed by atoms with Crippen LogP contribution in [0.4, 0.5) is 5.69 Å². The van der Waals surface area contributed by atoms with Gasteiger partial charge in [-0.3, -0.25) is 13.7 Å². The number of amides is 1. The summed E-state index contributed by atoms with van der Waals surface area (Å²) in [7, 11) is 0.838. The smallest absolute Gasteiger partial charge is 0.273 e. The summed E-state index contributed by atoms with van der Waals surface area (Å²) < 4.78 is 12.6. The lowest BCUT2D eigenvalue weighted by Gasteiger charge is -2.08. The lowest BCUT2D eigenvalue weighted by molar-refractivity contribution is 0.0948. The Morgan fingerprint density at radius 2 is 2.35 bits per heavy atom. The van der Waals surface area contributed by atoms with Crippen molar-refractivity contribution < 1.29 is 9.00 Å². The molecule has 0 aliphatic heterocycles. The van der Waals surface area contributed by atoms with Crippen LogP contribution in [0, 0.1) is 0 Å². The molecule has 0 saturated heterocycles. The van der Waals surface area contributed by atoms with Crippen molar-refractivity contribution in [3.8, 4) is 0 Å². The van der Waals surface area contributed by atoms with Gasteiger partial charge in [0.1, 0.15) is 0 Å². The molecule has 0 spiro atoms. The largest absolute Gasteiger partial charge is 0.396 e. The summed E-state index contributed by atoms with van der Waals surface area (Å²) in [6.07, 6.45) is 3.91. The summed E-state index contributed by atoms with van der Waals surface area (Å²) >= 11 is 0. The minimum Gasteiger partial charge on any atom is -0.396 e. The predicted molar refractivity (Wildman–Crippen MR) is 68.1 cm³/mol. The Morgan fingerprint density at radius 3 is 2.82 bits per heavy atom. The van der Waals surface area contributed by atoms with Crippen LogP contribution in [-0.4, -0.2) is 37.9 Å². The second kappa shape index (κ2) is 5.81. The Morgan fingerprint density at radius 1 is 1.71 bits per heavy atom. The van der Waals surface area contributed by atoms with Crippen LogP contribution in [0.2, 0.25) is 0 Å². The average molecular weight is 258 g/mol. The van der Waals surface area contributed by atoms with E-state index in [1.165, 1.54) is 4.68 Å². The maximum absolute atomic E-state index is 11.7. The number of nitrogen functional groups attached to an aromatic ring is 1. The van der Waals surface area contributed by atoms with E-state index in [4.69, 9.17) is 5.73 Å². The summed E-state index contributed by atoms with van der Waals surface area (Å²) in [6.45, 7) is 2.35. The van der Waals surface area contributed by atoms with E-state index in [1.807, 2.05) is 6.92 Å². The summed E-state index contributed by atoms with van der Waals surface area (Å²) in [5.41, 5.74) is 6.22. The number of hydrogen-bond donors (Lipinski definition) is 2. The third-order valence-corrected chi connectivity index (χ3v) is 3.84. The number of anilines is 1. The van der Waals surface area contributed by atoms with Gasteiger partial charge in [-0.15, -0.1) is 0 Å². The summed E-state index contributed by atoms with van der Waals surface area (Å²) in [5.74, 6) is -0.294. The highest BCUT2D eigenvalue weighted by molar-refractivity contribution is 7.84. The minimum absolute atomic E-state index is 0.0661. The van der Waals surface area contributed by atoms with E-state index >= 15 is 0 Å². The van der Waals surface area contributed by atoms with E-state index in [1.54, 1.807) is 19.5 Å². The van der Waals surface area contributed by atoms with Gasteiger partial charge >= 0.3 is 0 Å². The van der Waals surface area contributed by atoms with Crippen LogP contribution < -0.4 is 11.1 Å². The van der Waals surface area contributed by atoms with Crippen LogP contribution in [0.1, 0.15) is 23.8 Å². The van der Waals surface area contributed by atoms with Gasteiger partial charge in [0, 0.05) is 42.1 Å². The Kier molecular flexibility index (Phi) is 4.68. The van der Waals surface area contributed by atoms with Crippen LogP contribution in [0.5, 0.6) is 0 Å². The maximum atomic E-state index is 11.7. The van der Waals surface area contributed by atoms with E-state index in [-0.39, 0.29) is 16.9 Å². The third kappa shape index (κ3) is 3.85. The van der Waals surface area contributed by atoms with Gasteiger partial charge in [-0.1, -0.05) is 6.92 Å². The molecule has 0 aliphatic rings. The molecule has 1 amide bonds. The number of nitrogens with zero attached hydrogens (tertiary/aromatic N) is 2. The first-order chi connectivity index (χ1) is 7.91. The number of aromatic nitrogens is 2. The van der Waals surface area contributed by atoms with Crippen LogP contribution in [0.3, 0.4) is 0 Å². The molecular weight excluding hydrogens is 240 g/mol. The monoisotopic (exact) mass is 258 g/mol. The van der Waals surface area contributed by atoms with Gasteiger partial charge < -0.3 is 11.1 Å². The van der Waals surface area contributed by atoms with Crippen LogP contribution in [-0.2, 0) is 17.8 Å². The van der Waals surface area contributed by atoms with Crippen molar-refractivity contribution in [1.82, 2.24) is 15.1 Å². The number of nitrogens with one attached hydrogen (secondary N) is 1. The molecule has 17 heavy (non-hydrogen) atoms. The first kappa shape index (κ1) is 13.7. The molecule has 0 fully saturated rings. The molecule has 6 nitrogen and oxygen atoms in total. The van der Waals surface area contributed by atoms with Crippen molar-refractivity contribution in [1.29, 1.82) is 0 Å². The quantitative estimate of drug-likeness (QED) is 0.771. The van der Waals surface area contributed by atoms with Crippen molar-refractivity contribution in [3.05, 3.63) is 11.9 Å². The highest BCUT2D eigenvalue weighted by Crippen LogP contribution is 2.07. The summed E-state index contributed by atoms with van der Waals surface area (Å²) in [6, 6.07) is 0. The Labute approximate surface area is 103 Å². The fourth-order valence-corrected chi connectivity index (χ4v) is 1.77. The van der Waals surface area contributed by atoms with E-state index < -0.39 is 10.8 Å². The Bertz CT molecular complexity index is 430. The van der Waals surface area contributed by atoms with Crippen molar-refractivity contribution >= 4 is 22.4 Å². The number of aryl methyl sites for hydroxylation is 1. The SMILES string of the molecule is CC(CCNC(=O)c1nn(C)cc1N)S(C)=O. The Hall–Kier alpha value is -1.37. The standard InChI is InChI=1S/C10H18N4O2S/c1-7(17(3)16)4-5-12-10(15)9-8(11)6-14(2)13-9/h6-7H,4-5,11H2,1-3H3,(H,12,15). The topological polar surface area (TPSA) is 90.0 Å². The molecule has 2 unspecified atom stereocenters. The number of nitrogens with two attached hydrogens (primary N) is 1. The van der Waals surface area contributed by atoms with E-state index in [0.29, 0.717) is 18.7 Å². The lowest BCUT2D eigenvalue weighted by atomic mass is 10.3. The second-order valence-corrected chi connectivity index (χ2v) is 5.76. The number of carbonyl (C=O) groups excluding carboxylic acids is 1. The van der Waals surface area contributed by atoms with Gasteiger partial charge in [-0.2, -0.15) is 5.10 Å².